The normalized spacial score (nSPS) is 15.6. The molecule has 0 saturated carbocycles. The Morgan fingerprint density at radius 1 is 0.345 bits per heavy atom. The van der Waals surface area contributed by atoms with Gasteiger partial charge in [0.25, 0.3) is 7.27 Å². The number of alkyl halides is 26. The third-order valence-electron chi connectivity index (χ3n) is 6.70. The molecular formula is C22H2F31IN+. The lowest BCUT2D eigenvalue weighted by atomic mass is 9.86. The molecule has 2 rings (SSSR count). The van der Waals surface area contributed by atoms with E-state index in [4.69, 9.17) is 0 Å². The third-order valence-corrected chi connectivity index (χ3v) is 9.57. The van der Waals surface area contributed by atoms with Crippen molar-refractivity contribution in [3.05, 3.63) is 53.7 Å². The molecule has 0 spiro atoms. The molecule has 0 atom stereocenters. The molecule has 0 fully saturated rings. The van der Waals surface area contributed by atoms with Crippen molar-refractivity contribution in [2.45, 2.75) is 71.6 Å². The lowest BCUT2D eigenvalue weighted by Crippen LogP contribution is -3.62. The summed E-state index contributed by atoms with van der Waals surface area (Å²) in [6, 6.07) is 0. The molecule has 1 heterocycles. The molecule has 2 aromatic rings. The van der Waals surface area contributed by atoms with Crippen molar-refractivity contribution in [1.29, 1.82) is 0 Å². The van der Waals surface area contributed by atoms with Crippen molar-refractivity contribution < 1.29 is 157 Å². The van der Waals surface area contributed by atoms with E-state index in [-0.39, 0.29) is 0 Å². The molecule has 33 heteroatoms. The molecular weight excluding hydrogens is 994 g/mol. The van der Waals surface area contributed by atoms with E-state index in [0.29, 0.717) is 4.98 Å². The molecule has 0 aliphatic carbocycles. The zero-order valence-electron chi connectivity index (χ0n) is 23.7. The molecule has 0 unspecified atom stereocenters. The summed E-state index contributed by atoms with van der Waals surface area (Å²) < 4.78 is 421. The molecule has 1 aromatic heterocycles. The van der Waals surface area contributed by atoms with Gasteiger partial charge in [0, 0.05) is 6.20 Å². The highest BCUT2D eigenvalue weighted by Gasteiger charge is 2.93. The fourth-order valence-electron chi connectivity index (χ4n) is 3.65. The number of halogens is 32. The topological polar surface area (TPSA) is 15.8 Å². The Balaban J connectivity index is 3.21. The predicted octanol–water partition coefficient (Wildman–Crippen LogP) is 8.23. The van der Waals surface area contributed by atoms with E-state index in [1.807, 2.05) is 0 Å². The fourth-order valence-corrected chi connectivity index (χ4v) is 6.34. The van der Waals surface area contributed by atoms with E-state index in [9.17, 15) is 127 Å². The number of benzene rings is 1. The maximum Gasteiger partial charge on any atom is 0.460 e. The van der Waals surface area contributed by atoms with Gasteiger partial charge in [0.2, 0.25) is 29.1 Å². The maximum atomic E-state index is 15.2. The number of nitrogens with one attached hydrogen (secondary N) is 1. The van der Waals surface area contributed by atoms with Crippen LogP contribution in [0.15, 0.2) is 6.20 Å². The van der Waals surface area contributed by atoms with Crippen LogP contribution in [0.3, 0.4) is 0 Å². The molecule has 0 saturated heterocycles. The van der Waals surface area contributed by atoms with E-state index >= 15 is 8.78 Å². The van der Waals surface area contributed by atoms with Crippen LogP contribution in [-0.4, -0.2) is 64.7 Å². The molecule has 0 radical (unpaired) electrons. The molecule has 1 nitrogen and oxygen atoms in total. The van der Waals surface area contributed by atoms with Crippen LogP contribution in [0, 0.1) is 36.4 Å². The first-order valence-electron chi connectivity index (χ1n) is 12.1. The minimum atomic E-state index is -9.17. The SMILES string of the molecule is Fc1c(F)c(F)c([I+]c2[nH]cc(C(F)(F)C(F)(F)C(F)(F)C(F)(F)C(F)(F)C(F)(F)F)c2C(F)(F)C(F)(F)C(F)(F)C(F)(F)C(F)(F)C(F)(F)F)c(F)c1F. The monoisotopic (exact) mass is 996 g/mol. The van der Waals surface area contributed by atoms with Crippen LogP contribution < -0.4 is 21.2 Å². The Morgan fingerprint density at radius 3 is 0.927 bits per heavy atom. The Bertz CT molecular complexity index is 1750. The summed E-state index contributed by atoms with van der Waals surface area (Å²) in [4.78, 5) is 0.306. The largest absolute Gasteiger partial charge is 0.460 e. The first-order chi connectivity index (χ1) is 23.8. The van der Waals surface area contributed by atoms with Gasteiger partial charge in [-0.3, -0.25) is 0 Å². The average Bonchev–Trinajstić information content (AvgIpc) is 3.44. The summed E-state index contributed by atoms with van der Waals surface area (Å²) in [5, 5.41) is 0. The Kier molecular flexibility index (Phi) is 11.4. The summed E-state index contributed by atoms with van der Waals surface area (Å²) in [5.74, 6) is -105. The Labute approximate surface area is 288 Å². The van der Waals surface area contributed by atoms with Gasteiger partial charge in [-0.05, 0) is 0 Å². The Hall–Kier alpha value is -2.94. The molecule has 1 N–H and O–H groups in total. The van der Waals surface area contributed by atoms with Crippen LogP contribution in [0.5, 0.6) is 0 Å². The highest BCUT2D eigenvalue weighted by atomic mass is 127. The van der Waals surface area contributed by atoms with E-state index in [2.05, 4.69) is 0 Å². The molecule has 0 amide bonds. The van der Waals surface area contributed by atoms with Crippen molar-refractivity contribution >= 4 is 0 Å². The summed E-state index contributed by atoms with van der Waals surface area (Å²) in [7, 11) is 0. The number of aromatic amines is 1. The minimum Gasteiger partial charge on any atom is -0.323 e. The summed E-state index contributed by atoms with van der Waals surface area (Å²) in [6.07, 6.45) is -18.2. The second-order valence-electron chi connectivity index (χ2n) is 10.1. The summed E-state index contributed by atoms with van der Waals surface area (Å²) in [5.41, 5.74) is -9.36. The van der Waals surface area contributed by atoms with Gasteiger partial charge >= 0.3 is 92.8 Å². The lowest BCUT2D eigenvalue weighted by Gasteiger charge is -2.41. The second-order valence-corrected chi connectivity index (χ2v) is 12.8. The van der Waals surface area contributed by atoms with Gasteiger partial charge in [0.05, 0.1) is 5.56 Å². The van der Waals surface area contributed by atoms with E-state index in [0.717, 1.165) is 0 Å². The van der Waals surface area contributed by atoms with Gasteiger partial charge < -0.3 is 4.98 Å². The number of rotatable bonds is 12. The number of hydrogen-bond donors (Lipinski definition) is 1. The van der Waals surface area contributed by atoms with Crippen LogP contribution in [0.4, 0.5) is 136 Å². The molecule has 318 valence electrons. The van der Waals surface area contributed by atoms with Gasteiger partial charge in [-0.15, -0.1) is 0 Å². The molecule has 0 bridgehead atoms. The first kappa shape index (κ1) is 48.2. The third kappa shape index (κ3) is 6.26. The van der Waals surface area contributed by atoms with E-state index < -0.39 is 146 Å². The smallest absolute Gasteiger partial charge is 0.323 e. The van der Waals surface area contributed by atoms with Gasteiger partial charge in [0.1, 0.15) is 5.56 Å². The van der Waals surface area contributed by atoms with Crippen molar-refractivity contribution in [3.8, 4) is 0 Å². The van der Waals surface area contributed by atoms with Crippen molar-refractivity contribution in [3.63, 3.8) is 0 Å². The van der Waals surface area contributed by atoms with E-state index in [1.165, 1.54) is 0 Å². The second kappa shape index (κ2) is 13.0. The van der Waals surface area contributed by atoms with Crippen LogP contribution in [0.25, 0.3) is 0 Å². The molecule has 0 aliphatic heterocycles. The average molecular weight is 996 g/mol. The lowest BCUT2D eigenvalue weighted by molar-refractivity contribution is -0.611. The minimum absolute atomic E-state index is 0.306. The van der Waals surface area contributed by atoms with Gasteiger partial charge in [-0.2, -0.15) is 123 Å². The standard InChI is InChI=1S/C22H2F31IN/c23-4-5(24)7(26)9(8(27)6(4)25)54-10-3(12(30,31)14(34,35)16(38,39)18(42,43)20(46,47)22(51,52)53)2(1-55-10)11(28,29)13(32,33)15(36,37)17(40,41)19(44,45)21(48,49)50/h1,55H/q+1. The first-order valence-corrected chi connectivity index (χ1v) is 14.2. The van der Waals surface area contributed by atoms with Crippen molar-refractivity contribution in [2.75, 3.05) is 0 Å². The quantitative estimate of drug-likeness (QED) is 0.0956. The van der Waals surface area contributed by atoms with Crippen LogP contribution >= 0.6 is 0 Å². The van der Waals surface area contributed by atoms with Crippen LogP contribution in [0.1, 0.15) is 11.1 Å². The van der Waals surface area contributed by atoms with Gasteiger partial charge in [-0.25, -0.2) is 13.2 Å². The van der Waals surface area contributed by atoms with E-state index in [1.54, 1.807) is 0 Å². The van der Waals surface area contributed by atoms with Gasteiger partial charge in [-0.1, -0.05) is 0 Å². The maximum absolute atomic E-state index is 15.2. The predicted molar refractivity (Wildman–Crippen MR) is 104 cm³/mol. The number of H-pyrrole nitrogens is 1. The molecule has 0 aliphatic rings. The van der Waals surface area contributed by atoms with Crippen molar-refractivity contribution in [1.82, 2.24) is 4.98 Å². The Morgan fingerprint density at radius 2 is 0.618 bits per heavy atom. The van der Waals surface area contributed by atoms with Crippen molar-refractivity contribution in [2.24, 2.45) is 0 Å². The highest BCUT2D eigenvalue weighted by Crippen LogP contribution is 2.66. The van der Waals surface area contributed by atoms with Crippen LogP contribution in [-0.2, 0) is 11.8 Å². The number of aromatic nitrogens is 1. The fraction of sp³-hybridized carbons (Fsp3) is 0.545. The molecule has 1 aromatic carbocycles. The van der Waals surface area contributed by atoms with Crippen LogP contribution in [0.2, 0.25) is 0 Å². The zero-order chi connectivity index (χ0) is 44.3. The number of hydrogen-bond acceptors (Lipinski definition) is 0. The van der Waals surface area contributed by atoms with Gasteiger partial charge in [0.15, 0.2) is 0 Å². The molecule has 55 heavy (non-hydrogen) atoms. The highest BCUT2D eigenvalue weighted by molar-refractivity contribution is 5.37. The summed E-state index contributed by atoms with van der Waals surface area (Å²) >= 11 is -4.66. The summed E-state index contributed by atoms with van der Waals surface area (Å²) in [6.45, 7) is 0. The zero-order valence-corrected chi connectivity index (χ0v) is 25.8.